The molecule has 0 amide bonds. The second-order valence-electron chi connectivity index (χ2n) is 4.86. The molecule has 0 aliphatic heterocycles. The van der Waals surface area contributed by atoms with Crippen molar-refractivity contribution in [1.29, 1.82) is 0 Å². The van der Waals surface area contributed by atoms with Crippen LogP contribution in [0, 0.1) is 0 Å². The third kappa shape index (κ3) is 9.01. The summed E-state index contributed by atoms with van der Waals surface area (Å²) in [5.41, 5.74) is -0.672. The summed E-state index contributed by atoms with van der Waals surface area (Å²) in [7, 11) is -3.42. The number of sulfone groups is 1. The van der Waals surface area contributed by atoms with Crippen molar-refractivity contribution in [2.75, 3.05) is 31.3 Å². The van der Waals surface area contributed by atoms with Crippen LogP contribution < -0.4 is 0 Å². The van der Waals surface area contributed by atoms with Crippen LogP contribution in [0.25, 0.3) is 0 Å². The second-order valence-corrected chi connectivity index (χ2v) is 7.94. The van der Waals surface area contributed by atoms with Gasteiger partial charge >= 0.3 is 0 Å². The number of aliphatic hydroxyl groups excluding tert-OH is 2. The van der Waals surface area contributed by atoms with Crippen LogP contribution in [-0.4, -0.2) is 65.5 Å². The molecule has 0 saturated carbocycles. The lowest BCUT2D eigenvalue weighted by molar-refractivity contribution is 0.0305. The van der Waals surface area contributed by atoms with E-state index in [0.29, 0.717) is 0 Å². The molecule has 0 aromatic rings. The van der Waals surface area contributed by atoms with Crippen molar-refractivity contribution in [3.05, 3.63) is 0 Å². The Morgan fingerprint density at radius 2 is 1.95 bits per heavy atom. The molecule has 19 heavy (non-hydrogen) atoms. The summed E-state index contributed by atoms with van der Waals surface area (Å²) in [6, 6.07) is 0. The molecular weight excluding hydrogens is 317 g/mol. The van der Waals surface area contributed by atoms with E-state index in [2.05, 4.69) is 0 Å². The van der Waals surface area contributed by atoms with Crippen molar-refractivity contribution < 1.29 is 23.4 Å². The van der Waals surface area contributed by atoms with Crippen molar-refractivity contribution in [2.45, 2.75) is 31.9 Å². The molecule has 0 rings (SSSR count). The van der Waals surface area contributed by atoms with E-state index in [0.717, 1.165) is 3.94 Å². The lowest BCUT2D eigenvalue weighted by Crippen LogP contribution is -2.35. The standard InChI is InChI=1S/C10H21Cl2NO5S/c1-10(2,13(11)12)3-6-19(16,17)8-9(15)7-18-5-4-14/h9,14-15H,3-8H2,1-2H3. The summed E-state index contributed by atoms with van der Waals surface area (Å²) >= 11 is 11.2. The Morgan fingerprint density at radius 1 is 1.37 bits per heavy atom. The van der Waals surface area contributed by atoms with Gasteiger partial charge < -0.3 is 14.9 Å². The summed E-state index contributed by atoms with van der Waals surface area (Å²) in [6.45, 7) is 3.19. The summed E-state index contributed by atoms with van der Waals surface area (Å²) in [6.07, 6.45) is -0.866. The Hall–Kier alpha value is 0.370. The Balaban J connectivity index is 4.18. The average Bonchev–Trinajstić information content (AvgIpc) is 2.26. The molecule has 0 spiro atoms. The Kier molecular flexibility index (Phi) is 8.78. The van der Waals surface area contributed by atoms with Crippen molar-refractivity contribution >= 4 is 33.4 Å². The molecule has 0 aromatic heterocycles. The third-order valence-corrected chi connectivity index (χ3v) is 5.11. The molecule has 2 N–H and O–H groups in total. The Labute approximate surface area is 124 Å². The Bertz CT molecular complexity index is 348. The topological polar surface area (TPSA) is 87.1 Å². The van der Waals surface area contributed by atoms with E-state index in [1.54, 1.807) is 13.8 Å². The number of hydrogen-bond acceptors (Lipinski definition) is 6. The van der Waals surface area contributed by atoms with Crippen LogP contribution in [-0.2, 0) is 14.6 Å². The van der Waals surface area contributed by atoms with E-state index in [1.165, 1.54) is 0 Å². The van der Waals surface area contributed by atoms with Crippen LogP contribution in [0.4, 0.5) is 0 Å². The molecule has 0 saturated heterocycles. The van der Waals surface area contributed by atoms with E-state index < -0.39 is 21.5 Å². The van der Waals surface area contributed by atoms with Gasteiger partial charge in [-0.05, 0) is 43.8 Å². The van der Waals surface area contributed by atoms with Gasteiger partial charge in [0.05, 0.1) is 37.4 Å². The largest absolute Gasteiger partial charge is 0.394 e. The molecule has 116 valence electrons. The highest BCUT2D eigenvalue weighted by Crippen LogP contribution is 2.24. The first-order chi connectivity index (χ1) is 8.60. The van der Waals surface area contributed by atoms with Gasteiger partial charge in [-0.15, -0.1) is 3.94 Å². The van der Waals surface area contributed by atoms with E-state index in [-0.39, 0.29) is 37.7 Å². The van der Waals surface area contributed by atoms with Gasteiger partial charge in [0.15, 0.2) is 9.84 Å². The number of halogens is 2. The van der Waals surface area contributed by atoms with Crippen LogP contribution in [0.15, 0.2) is 0 Å². The number of rotatable bonds is 10. The molecule has 0 heterocycles. The predicted molar refractivity (Wildman–Crippen MR) is 74.8 cm³/mol. The fourth-order valence-electron chi connectivity index (χ4n) is 1.20. The molecule has 0 aromatic carbocycles. The van der Waals surface area contributed by atoms with Crippen molar-refractivity contribution in [3.8, 4) is 0 Å². The monoisotopic (exact) mass is 337 g/mol. The summed E-state index contributed by atoms with van der Waals surface area (Å²) < 4.78 is 29.3. The Morgan fingerprint density at radius 3 is 2.42 bits per heavy atom. The van der Waals surface area contributed by atoms with Crippen molar-refractivity contribution in [1.82, 2.24) is 3.94 Å². The number of nitrogens with zero attached hydrogens (tertiary/aromatic N) is 1. The van der Waals surface area contributed by atoms with Gasteiger partial charge in [0.25, 0.3) is 0 Å². The van der Waals surface area contributed by atoms with Crippen LogP contribution in [0.1, 0.15) is 20.3 Å². The molecule has 0 bridgehead atoms. The molecule has 6 nitrogen and oxygen atoms in total. The number of aliphatic hydroxyl groups is 2. The van der Waals surface area contributed by atoms with Crippen LogP contribution in [0.2, 0.25) is 0 Å². The van der Waals surface area contributed by atoms with Crippen LogP contribution >= 0.6 is 23.6 Å². The highest BCUT2D eigenvalue weighted by atomic mass is 35.5. The predicted octanol–water partition coefficient (Wildman–Crippen LogP) is 0.549. The lowest BCUT2D eigenvalue weighted by Gasteiger charge is -2.27. The van der Waals surface area contributed by atoms with Gasteiger partial charge in [-0.25, -0.2) is 8.42 Å². The molecule has 0 aliphatic rings. The van der Waals surface area contributed by atoms with Gasteiger partial charge in [0.2, 0.25) is 0 Å². The normalized spacial score (nSPS) is 14.9. The second kappa shape index (κ2) is 8.61. The average molecular weight is 338 g/mol. The van der Waals surface area contributed by atoms with Crippen LogP contribution in [0.3, 0.4) is 0 Å². The smallest absolute Gasteiger partial charge is 0.153 e. The van der Waals surface area contributed by atoms with Crippen molar-refractivity contribution in [3.63, 3.8) is 0 Å². The first-order valence-corrected chi connectivity index (χ1v) is 8.29. The maximum atomic E-state index is 11.8. The minimum absolute atomic E-state index is 0.0671. The first-order valence-electron chi connectivity index (χ1n) is 5.79. The van der Waals surface area contributed by atoms with E-state index in [1.807, 2.05) is 0 Å². The number of hydrogen-bond donors (Lipinski definition) is 2. The first kappa shape index (κ1) is 19.4. The van der Waals surface area contributed by atoms with Crippen LogP contribution in [0.5, 0.6) is 0 Å². The molecule has 1 unspecified atom stereocenters. The summed E-state index contributed by atoms with van der Waals surface area (Å²) in [5, 5.41) is 18.0. The zero-order chi connectivity index (χ0) is 15.1. The highest BCUT2D eigenvalue weighted by Gasteiger charge is 2.28. The van der Waals surface area contributed by atoms with Crippen molar-refractivity contribution in [2.24, 2.45) is 0 Å². The maximum Gasteiger partial charge on any atom is 0.153 e. The molecule has 0 radical (unpaired) electrons. The summed E-state index contributed by atoms with van der Waals surface area (Å²) in [5.74, 6) is -0.522. The van der Waals surface area contributed by atoms with E-state index >= 15 is 0 Å². The molecular formula is C10H21Cl2NO5S. The lowest BCUT2D eigenvalue weighted by atomic mass is 10.0. The van der Waals surface area contributed by atoms with E-state index in [9.17, 15) is 13.5 Å². The van der Waals surface area contributed by atoms with Gasteiger partial charge in [0, 0.05) is 5.54 Å². The zero-order valence-electron chi connectivity index (χ0n) is 11.1. The maximum absolute atomic E-state index is 11.8. The minimum Gasteiger partial charge on any atom is -0.394 e. The quantitative estimate of drug-likeness (QED) is 0.447. The minimum atomic E-state index is -3.42. The molecule has 9 heteroatoms. The fourth-order valence-corrected chi connectivity index (χ4v) is 3.03. The van der Waals surface area contributed by atoms with Gasteiger partial charge in [-0.2, -0.15) is 0 Å². The SMILES string of the molecule is CC(C)(CCS(=O)(=O)CC(O)COCCO)N(Cl)Cl. The third-order valence-electron chi connectivity index (χ3n) is 2.47. The summed E-state index contributed by atoms with van der Waals surface area (Å²) in [4.78, 5) is 0. The van der Waals surface area contributed by atoms with Gasteiger partial charge in [-0.1, -0.05) is 0 Å². The molecule has 0 aliphatic carbocycles. The van der Waals surface area contributed by atoms with E-state index in [4.69, 9.17) is 33.4 Å². The molecule has 0 fully saturated rings. The molecule has 1 atom stereocenters. The fraction of sp³-hybridized carbons (Fsp3) is 1.00. The zero-order valence-corrected chi connectivity index (χ0v) is 13.4. The number of ether oxygens (including phenoxy) is 1. The van der Waals surface area contributed by atoms with Gasteiger partial charge in [0.1, 0.15) is 0 Å². The highest BCUT2D eigenvalue weighted by molar-refractivity contribution is 7.91. The van der Waals surface area contributed by atoms with Gasteiger partial charge in [-0.3, -0.25) is 0 Å².